The van der Waals surface area contributed by atoms with Gasteiger partial charge in [0.15, 0.2) is 0 Å². The fourth-order valence-electron chi connectivity index (χ4n) is 3.74. The van der Waals surface area contributed by atoms with E-state index in [2.05, 4.69) is 52.8 Å². The predicted octanol–water partition coefficient (Wildman–Crippen LogP) is 6.23. The van der Waals surface area contributed by atoms with Gasteiger partial charge in [-0.25, -0.2) is 4.98 Å². The molecule has 0 aliphatic heterocycles. The minimum absolute atomic E-state index is 0.179. The molecule has 3 aromatic heterocycles. The summed E-state index contributed by atoms with van der Waals surface area (Å²) in [5, 5.41) is 11.9. The van der Waals surface area contributed by atoms with E-state index in [1.807, 2.05) is 13.0 Å². The van der Waals surface area contributed by atoms with Gasteiger partial charge < -0.3 is 9.47 Å². The third-order valence-electron chi connectivity index (χ3n) is 5.10. The Bertz CT molecular complexity index is 1190. The van der Waals surface area contributed by atoms with Crippen molar-refractivity contribution < 1.29 is 14.3 Å². The molecule has 8 nitrogen and oxygen atoms in total. The number of allylic oxidation sites excluding steroid dienone is 1. The molecule has 3 rings (SSSR count). The SMILES string of the molecule is C=CC[C@H](COc1nnc(NC(=O)c2cnc(C)cc2-c2cc(Cl)ncc2OC)s1)CC(C)(C)C. The fraction of sp³-hybridized carbons (Fsp3) is 0.400. The highest BCUT2D eigenvalue weighted by Crippen LogP contribution is 2.34. The normalized spacial score (nSPS) is 12.2. The number of rotatable bonds is 10. The Labute approximate surface area is 214 Å². The van der Waals surface area contributed by atoms with E-state index < -0.39 is 0 Å². The number of hydrogen-bond acceptors (Lipinski definition) is 8. The maximum atomic E-state index is 13.2. The van der Waals surface area contributed by atoms with E-state index in [9.17, 15) is 4.79 Å². The van der Waals surface area contributed by atoms with E-state index in [4.69, 9.17) is 21.1 Å². The lowest BCUT2D eigenvalue weighted by Gasteiger charge is -2.24. The number of anilines is 1. The number of nitrogens with zero attached hydrogens (tertiary/aromatic N) is 4. The lowest BCUT2D eigenvalue weighted by atomic mass is 9.83. The van der Waals surface area contributed by atoms with Gasteiger partial charge in [-0.2, -0.15) is 0 Å². The highest BCUT2D eigenvalue weighted by molar-refractivity contribution is 7.17. The van der Waals surface area contributed by atoms with Gasteiger partial charge in [0, 0.05) is 23.0 Å². The van der Waals surface area contributed by atoms with Crippen molar-refractivity contribution in [1.29, 1.82) is 0 Å². The first-order valence-corrected chi connectivity index (χ1v) is 12.3. The first-order valence-electron chi connectivity index (χ1n) is 11.1. The molecule has 1 atom stereocenters. The molecule has 3 aromatic rings. The van der Waals surface area contributed by atoms with Crippen LogP contribution in [0.3, 0.4) is 0 Å². The summed E-state index contributed by atoms with van der Waals surface area (Å²) in [6.07, 6.45) is 6.78. The van der Waals surface area contributed by atoms with Crippen molar-refractivity contribution in [2.45, 2.75) is 40.5 Å². The maximum Gasteiger partial charge on any atom is 0.295 e. The van der Waals surface area contributed by atoms with E-state index in [-0.39, 0.29) is 16.5 Å². The van der Waals surface area contributed by atoms with Crippen LogP contribution in [-0.4, -0.2) is 39.8 Å². The summed E-state index contributed by atoms with van der Waals surface area (Å²) in [6, 6.07) is 3.45. The molecule has 0 saturated heterocycles. The van der Waals surface area contributed by atoms with Crippen molar-refractivity contribution in [3.8, 4) is 22.1 Å². The first kappa shape index (κ1) is 26.6. The molecule has 0 radical (unpaired) electrons. The van der Waals surface area contributed by atoms with Crippen molar-refractivity contribution in [2.24, 2.45) is 11.3 Å². The number of pyridine rings is 2. The zero-order valence-electron chi connectivity index (χ0n) is 20.6. The fourth-order valence-corrected chi connectivity index (χ4v) is 4.50. The van der Waals surface area contributed by atoms with Gasteiger partial charge in [0.25, 0.3) is 11.1 Å². The molecule has 0 aliphatic carbocycles. The molecular formula is C25H30ClN5O3S. The smallest absolute Gasteiger partial charge is 0.295 e. The number of methoxy groups -OCH3 is 1. The van der Waals surface area contributed by atoms with Crippen LogP contribution in [0.4, 0.5) is 5.13 Å². The number of nitrogens with one attached hydrogen (secondary N) is 1. The van der Waals surface area contributed by atoms with Crippen LogP contribution in [0.5, 0.6) is 10.9 Å². The molecular weight excluding hydrogens is 486 g/mol. The lowest BCUT2D eigenvalue weighted by Crippen LogP contribution is -2.19. The lowest BCUT2D eigenvalue weighted by molar-refractivity contribution is 0.102. The Morgan fingerprint density at radius 3 is 2.69 bits per heavy atom. The van der Waals surface area contributed by atoms with E-state index in [0.717, 1.165) is 18.5 Å². The Morgan fingerprint density at radius 1 is 1.23 bits per heavy atom. The minimum atomic E-state index is -0.387. The van der Waals surface area contributed by atoms with Gasteiger partial charge in [0.2, 0.25) is 5.13 Å². The molecule has 1 amide bonds. The number of ether oxygens (including phenoxy) is 2. The number of aromatic nitrogens is 4. The maximum absolute atomic E-state index is 13.2. The van der Waals surface area contributed by atoms with Crippen LogP contribution in [0, 0.1) is 18.3 Å². The summed E-state index contributed by atoms with van der Waals surface area (Å²) >= 11 is 7.29. The standard InChI is InChI=1S/C25H30ClN5O3S/c1-7-8-16(11-25(3,4)5)14-34-24-31-30-23(35-24)29-22(32)19-12-27-15(2)9-17(19)18-10-21(26)28-13-20(18)33-6/h7,9-10,12-13,16H,1,8,11,14H2,2-6H3,(H,29,30,32)/t16-/m0/s1. The molecule has 35 heavy (non-hydrogen) atoms. The minimum Gasteiger partial charge on any atom is -0.494 e. The molecule has 0 unspecified atom stereocenters. The Hall–Kier alpha value is -3.04. The average molecular weight is 516 g/mol. The van der Waals surface area contributed by atoms with Crippen LogP contribution in [0.2, 0.25) is 5.15 Å². The van der Waals surface area contributed by atoms with Crippen molar-refractivity contribution >= 4 is 34.0 Å². The zero-order chi connectivity index (χ0) is 25.6. The monoisotopic (exact) mass is 515 g/mol. The van der Waals surface area contributed by atoms with E-state index in [1.165, 1.54) is 30.8 Å². The summed E-state index contributed by atoms with van der Waals surface area (Å²) in [6.45, 7) is 12.8. The summed E-state index contributed by atoms with van der Waals surface area (Å²) in [4.78, 5) is 21.5. The Kier molecular flexibility index (Phi) is 8.80. The second-order valence-electron chi connectivity index (χ2n) is 9.37. The number of aryl methyl sites for hydroxylation is 1. The van der Waals surface area contributed by atoms with Gasteiger partial charge in [-0.15, -0.1) is 11.7 Å². The summed E-state index contributed by atoms with van der Waals surface area (Å²) in [5.41, 5.74) is 2.51. The van der Waals surface area contributed by atoms with Crippen molar-refractivity contribution in [1.82, 2.24) is 20.2 Å². The zero-order valence-corrected chi connectivity index (χ0v) is 22.2. The molecule has 0 fully saturated rings. The molecule has 0 aromatic carbocycles. The van der Waals surface area contributed by atoms with Gasteiger partial charge in [0.05, 0.1) is 25.5 Å². The largest absolute Gasteiger partial charge is 0.494 e. The highest BCUT2D eigenvalue weighted by atomic mass is 35.5. The Balaban J connectivity index is 1.76. The van der Waals surface area contributed by atoms with Crippen molar-refractivity contribution in [3.05, 3.63) is 53.6 Å². The third kappa shape index (κ3) is 7.47. The number of carbonyl (C=O) groups excluding carboxylic acids is 1. The van der Waals surface area contributed by atoms with Crippen molar-refractivity contribution in [2.75, 3.05) is 19.0 Å². The molecule has 10 heteroatoms. The van der Waals surface area contributed by atoms with Crippen LogP contribution < -0.4 is 14.8 Å². The summed E-state index contributed by atoms with van der Waals surface area (Å²) < 4.78 is 11.3. The molecule has 3 heterocycles. The predicted molar refractivity (Wildman–Crippen MR) is 140 cm³/mol. The summed E-state index contributed by atoms with van der Waals surface area (Å²) in [7, 11) is 1.53. The van der Waals surface area contributed by atoms with E-state index in [0.29, 0.717) is 45.3 Å². The van der Waals surface area contributed by atoms with Gasteiger partial charge in [0.1, 0.15) is 10.9 Å². The van der Waals surface area contributed by atoms with Gasteiger partial charge in [-0.05, 0) is 54.6 Å². The molecule has 186 valence electrons. The topological polar surface area (TPSA) is 99.1 Å². The highest BCUT2D eigenvalue weighted by Gasteiger charge is 2.21. The van der Waals surface area contributed by atoms with Gasteiger partial charge >= 0.3 is 0 Å². The summed E-state index contributed by atoms with van der Waals surface area (Å²) in [5.74, 6) is 0.422. The van der Waals surface area contributed by atoms with Crippen LogP contribution in [-0.2, 0) is 0 Å². The average Bonchev–Trinajstić information content (AvgIpc) is 3.23. The molecule has 1 N–H and O–H groups in total. The van der Waals surface area contributed by atoms with Crippen LogP contribution in [0.1, 0.15) is 49.7 Å². The molecule has 0 aliphatic rings. The second-order valence-corrected chi connectivity index (χ2v) is 10.7. The van der Waals surface area contributed by atoms with Crippen LogP contribution in [0.15, 0.2) is 37.2 Å². The van der Waals surface area contributed by atoms with Crippen LogP contribution >= 0.6 is 22.9 Å². The van der Waals surface area contributed by atoms with E-state index in [1.54, 1.807) is 12.1 Å². The Morgan fingerprint density at radius 2 is 2.00 bits per heavy atom. The van der Waals surface area contributed by atoms with Crippen LogP contribution in [0.25, 0.3) is 11.1 Å². The molecule has 0 bridgehead atoms. The van der Waals surface area contributed by atoms with Gasteiger partial charge in [-0.1, -0.05) is 43.5 Å². The first-order chi connectivity index (χ1) is 16.6. The number of carbonyl (C=O) groups is 1. The second kappa shape index (κ2) is 11.6. The van der Waals surface area contributed by atoms with Gasteiger partial charge in [-0.3, -0.25) is 15.1 Å². The molecule has 0 saturated carbocycles. The van der Waals surface area contributed by atoms with Crippen molar-refractivity contribution in [3.63, 3.8) is 0 Å². The number of halogens is 1. The quantitative estimate of drug-likeness (QED) is 0.252. The van der Waals surface area contributed by atoms with E-state index >= 15 is 0 Å². The molecule has 0 spiro atoms. The third-order valence-corrected chi connectivity index (χ3v) is 6.06. The number of hydrogen-bond donors (Lipinski definition) is 1. The number of amides is 1.